The highest BCUT2D eigenvalue weighted by Crippen LogP contribution is 2.33. The second-order valence-corrected chi connectivity index (χ2v) is 9.07. The highest BCUT2D eigenvalue weighted by atomic mass is 35.5. The molecule has 1 aliphatic rings. The number of hydrogen-bond donors (Lipinski definition) is 1. The number of anilines is 1. The van der Waals surface area contributed by atoms with Crippen LogP contribution < -0.4 is 14.8 Å². The summed E-state index contributed by atoms with van der Waals surface area (Å²) in [5, 5.41) is 4.84. The number of sulfonamides is 1. The number of rotatable bonds is 7. The smallest absolute Gasteiger partial charge is 0.244 e. The van der Waals surface area contributed by atoms with E-state index in [1.807, 2.05) is 0 Å². The van der Waals surface area contributed by atoms with Crippen LogP contribution in [0, 0.1) is 0 Å². The molecule has 152 valence electrons. The maximum Gasteiger partial charge on any atom is 0.244 e. The van der Waals surface area contributed by atoms with Crippen LogP contribution in [0.2, 0.25) is 0 Å². The molecular formula is C17H20ClN3O5S2. The number of hydrogen-bond acceptors (Lipinski definition) is 7. The van der Waals surface area contributed by atoms with Gasteiger partial charge < -0.3 is 14.8 Å². The number of amides is 1. The summed E-state index contributed by atoms with van der Waals surface area (Å²) < 4.78 is 37.8. The van der Waals surface area contributed by atoms with E-state index in [1.54, 1.807) is 5.38 Å². The Morgan fingerprint density at radius 2 is 2.11 bits per heavy atom. The zero-order valence-electron chi connectivity index (χ0n) is 15.3. The van der Waals surface area contributed by atoms with Crippen molar-refractivity contribution in [1.82, 2.24) is 9.29 Å². The van der Waals surface area contributed by atoms with E-state index in [1.165, 1.54) is 48.1 Å². The molecule has 1 N–H and O–H groups in total. The van der Waals surface area contributed by atoms with E-state index in [2.05, 4.69) is 10.3 Å². The number of thiazole rings is 1. The molecule has 0 aliphatic carbocycles. The summed E-state index contributed by atoms with van der Waals surface area (Å²) in [5.74, 6) is 0.573. The summed E-state index contributed by atoms with van der Waals surface area (Å²) in [7, 11) is -0.976. The molecule has 1 saturated heterocycles. The van der Waals surface area contributed by atoms with Crippen LogP contribution in [0.4, 0.5) is 5.13 Å². The lowest BCUT2D eigenvalue weighted by atomic mass is 10.2. The number of nitrogens with zero attached hydrogens (tertiary/aromatic N) is 2. The molecule has 1 aliphatic heterocycles. The van der Waals surface area contributed by atoms with Gasteiger partial charge in [0.05, 0.1) is 30.7 Å². The van der Waals surface area contributed by atoms with Crippen molar-refractivity contribution in [2.45, 2.75) is 29.7 Å². The number of benzene rings is 1. The van der Waals surface area contributed by atoms with Gasteiger partial charge in [0.15, 0.2) is 16.6 Å². The van der Waals surface area contributed by atoms with E-state index < -0.39 is 22.0 Å². The lowest BCUT2D eigenvalue weighted by Gasteiger charge is -2.23. The van der Waals surface area contributed by atoms with Gasteiger partial charge >= 0.3 is 0 Å². The van der Waals surface area contributed by atoms with Crippen molar-refractivity contribution in [2.75, 3.05) is 26.1 Å². The summed E-state index contributed by atoms with van der Waals surface area (Å²) in [6.45, 7) is 0.263. The number of alkyl halides is 1. The van der Waals surface area contributed by atoms with Crippen molar-refractivity contribution < 1.29 is 22.7 Å². The van der Waals surface area contributed by atoms with Crippen LogP contribution in [0.5, 0.6) is 11.5 Å². The quantitative estimate of drug-likeness (QED) is 0.658. The fourth-order valence-electron chi connectivity index (χ4n) is 3.02. The second kappa shape index (κ2) is 8.64. The van der Waals surface area contributed by atoms with Gasteiger partial charge in [-0.15, -0.1) is 22.9 Å². The molecule has 1 aromatic heterocycles. The Balaban J connectivity index is 1.83. The topological polar surface area (TPSA) is 97.8 Å². The van der Waals surface area contributed by atoms with Gasteiger partial charge in [-0.05, 0) is 25.0 Å². The number of carbonyl (C=O) groups is 1. The molecule has 0 radical (unpaired) electrons. The molecule has 2 aromatic rings. The molecule has 1 amide bonds. The predicted molar refractivity (Wildman–Crippen MR) is 107 cm³/mol. The molecule has 1 fully saturated rings. The van der Waals surface area contributed by atoms with E-state index in [-0.39, 0.29) is 17.3 Å². The van der Waals surface area contributed by atoms with Gasteiger partial charge in [0.1, 0.15) is 6.04 Å². The van der Waals surface area contributed by atoms with Crippen molar-refractivity contribution in [3.63, 3.8) is 0 Å². The first-order chi connectivity index (χ1) is 13.4. The molecule has 1 unspecified atom stereocenters. The van der Waals surface area contributed by atoms with Crippen LogP contribution in [-0.2, 0) is 20.7 Å². The summed E-state index contributed by atoms with van der Waals surface area (Å²) in [5.41, 5.74) is 0.656. The monoisotopic (exact) mass is 445 g/mol. The number of aromatic nitrogens is 1. The van der Waals surface area contributed by atoms with Gasteiger partial charge in [-0.25, -0.2) is 13.4 Å². The minimum atomic E-state index is -3.88. The molecule has 0 bridgehead atoms. The van der Waals surface area contributed by atoms with E-state index in [0.29, 0.717) is 35.2 Å². The number of carbonyl (C=O) groups excluding carboxylic acids is 1. The zero-order chi connectivity index (χ0) is 20.3. The molecule has 1 aromatic carbocycles. The summed E-state index contributed by atoms with van der Waals surface area (Å²) in [6.07, 6.45) is 1.03. The summed E-state index contributed by atoms with van der Waals surface area (Å²) >= 11 is 6.98. The maximum absolute atomic E-state index is 13.1. The summed E-state index contributed by atoms with van der Waals surface area (Å²) in [6, 6.07) is 3.56. The first-order valence-corrected chi connectivity index (χ1v) is 11.3. The molecule has 1 atom stereocenters. The van der Waals surface area contributed by atoms with Gasteiger partial charge in [-0.3, -0.25) is 4.79 Å². The highest BCUT2D eigenvalue weighted by Gasteiger charge is 2.40. The minimum absolute atomic E-state index is 0.0449. The SMILES string of the molecule is COc1ccc(S(=O)(=O)N2CCCC2C(=O)Nc2nc(CCl)cs2)cc1OC. The maximum atomic E-state index is 13.1. The van der Waals surface area contributed by atoms with Gasteiger partial charge in [-0.1, -0.05) is 0 Å². The molecule has 0 spiro atoms. The molecule has 8 nitrogen and oxygen atoms in total. The van der Waals surface area contributed by atoms with Crippen LogP contribution in [-0.4, -0.2) is 50.4 Å². The molecule has 0 saturated carbocycles. The Bertz CT molecular complexity index is 963. The lowest BCUT2D eigenvalue weighted by Crippen LogP contribution is -2.43. The Hall–Kier alpha value is -1.88. The zero-order valence-corrected chi connectivity index (χ0v) is 17.7. The van der Waals surface area contributed by atoms with Crippen molar-refractivity contribution in [3.05, 3.63) is 29.3 Å². The first kappa shape index (κ1) is 20.8. The van der Waals surface area contributed by atoms with Gasteiger partial charge in [0.2, 0.25) is 15.9 Å². The fraction of sp³-hybridized carbons (Fsp3) is 0.412. The Labute approximate surface area is 172 Å². The molecule has 3 rings (SSSR count). The second-order valence-electron chi connectivity index (χ2n) is 6.06. The van der Waals surface area contributed by atoms with Crippen LogP contribution >= 0.6 is 22.9 Å². The lowest BCUT2D eigenvalue weighted by molar-refractivity contribution is -0.119. The van der Waals surface area contributed by atoms with Crippen molar-refractivity contribution in [1.29, 1.82) is 0 Å². The third-order valence-electron chi connectivity index (χ3n) is 4.39. The van der Waals surface area contributed by atoms with Crippen LogP contribution in [0.1, 0.15) is 18.5 Å². The third kappa shape index (κ3) is 4.09. The molecule has 11 heteroatoms. The Kier molecular flexibility index (Phi) is 6.43. The van der Waals surface area contributed by atoms with Gasteiger partial charge in [-0.2, -0.15) is 4.31 Å². The highest BCUT2D eigenvalue weighted by molar-refractivity contribution is 7.89. The van der Waals surface area contributed by atoms with Crippen molar-refractivity contribution in [2.24, 2.45) is 0 Å². The van der Waals surface area contributed by atoms with Gasteiger partial charge in [0.25, 0.3) is 0 Å². The van der Waals surface area contributed by atoms with E-state index >= 15 is 0 Å². The largest absolute Gasteiger partial charge is 0.493 e. The number of ether oxygens (including phenoxy) is 2. The van der Waals surface area contributed by atoms with Crippen molar-refractivity contribution >= 4 is 44.0 Å². The normalized spacial score (nSPS) is 17.5. The number of halogens is 1. The average Bonchev–Trinajstić information content (AvgIpc) is 3.37. The average molecular weight is 446 g/mol. The summed E-state index contributed by atoms with van der Waals surface area (Å²) in [4.78, 5) is 16.9. The predicted octanol–water partition coefficient (Wildman–Crippen LogP) is 2.69. The van der Waals surface area contributed by atoms with Crippen LogP contribution in [0.3, 0.4) is 0 Å². The van der Waals surface area contributed by atoms with E-state index in [9.17, 15) is 13.2 Å². The Morgan fingerprint density at radius 3 is 2.75 bits per heavy atom. The van der Waals surface area contributed by atoms with E-state index in [0.717, 1.165) is 0 Å². The minimum Gasteiger partial charge on any atom is -0.493 e. The van der Waals surface area contributed by atoms with Crippen molar-refractivity contribution in [3.8, 4) is 11.5 Å². The molecular weight excluding hydrogens is 426 g/mol. The number of nitrogens with one attached hydrogen (secondary N) is 1. The molecule has 28 heavy (non-hydrogen) atoms. The third-order valence-corrected chi connectivity index (χ3v) is 7.37. The standard InChI is InChI=1S/C17H20ClN3O5S2/c1-25-14-6-5-12(8-15(14)26-2)28(23,24)21-7-3-4-13(21)16(22)20-17-19-11(9-18)10-27-17/h5-6,8,10,13H,3-4,7,9H2,1-2H3,(H,19,20,22). The van der Waals surface area contributed by atoms with Crippen LogP contribution in [0.15, 0.2) is 28.5 Å². The Morgan fingerprint density at radius 1 is 1.36 bits per heavy atom. The molecule has 2 heterocycles. The number of methoxy groups -OCH3 is 2. The van der Waals surface area contributed by atoms with Crippen LogP contribution in [0.25, 0.3) is 0 Å². The van der Waals surface area contributed by atoms with E-state index in [4.69, 9.17) is 21.1 Å². The van der Waals surface area contributed by atoms with Gasteiger partial charge in [0, 0.05) is 18.0 Å². The first-order valence-electron chi connectivity index (χ1n) is 8.45. The fourth-order valence-corrected chi connectivity index (χ4v) is 5.63.